The third kappa shape index (κ3) is 4.14. The lowest BCUT2D eigenvalue weighted by Crippen LogP contribution is -2.36. The van der Waals surface area contributed by atoms with Crippen LogP contribution < -0.4 is 10.5 Å². The van der Waals surface area contributed by atoms with E-state index in [0.29, 0.717) is 24.6 Å². The Bertz CT molecular complexity index is 746. The van der Waals surface area contributed by atoms with Crippen LogP contribution >= 0.6 is 0 Å². The molecule has 0 radical (unpaired) electrons. The molecule has 2 heterocycles. The zero-order chi connectivity index (χ0) is 17.8. The topological polar surface area (TPSA) is 102 Å². The van der Waals surface area contributed by atoms with E-state index in [-0.39, 0.29) is 18.3 Å². The molecule has 1 aliphatic heterocycles. The van der Waals surface area contributed by atoms with Crippen molar-refractivity contribution < 1.29 is 19.0 Å². The number of likely N-dealkylation sites (tertiary alicyclic amines) is 1. The summed E-state index contributed by atoms with van der Waals surface area (Å²) in [6.07, 6.45) is 4.08. The molecule has 132 valence electrons. The minimum absolute atomic E-state index is 0.0541. The molecule has 0 saturated carbocycles. The molecule has 3 rings (SSSR count). The molecule has 8 heteroatoms. The van der Waals surface area contributed by atoms with E-state index in [4.69, 9.17) is 15.6 Å². The number of carbonyl (C=O) groups is 1. The molecule has 0 aliphatic carbocycles. The minimum atomic E-state index is -0.878. The smallest absolute Gasteiger partial charge is 0.407 e. The van der Waals surface area contributed by atoms with Crippen molar-refractivity contribution in [2.45, 2.75) is 25.4 Å². The molecule has 1 saturated heterocycles. The molecule has 0 unspecified atom stereocenters. The highest BCUT2D eigenvalue weighted by atomic mass is 19.1. The second-order valence-corrected chi connectivity index (χ2v) is 5.96. The van der Waals surface area contributed by atoms with Gasteiger partial charge in [-0.05, 0) is 36.5 Å². The van der Waals surface area contributed by atoms with Gasteiger partial charge in [0.05, 0.1) is 0 Å². The van der Waals surface area contributed by atoms with Crippen LogP contribution in [0.15, 0.2) is 30.6 Å². The number of hydrogen-bond acceptors (Lipinski definition) is 5. The van der Waals surface area contributed by atoms with Gasteiger partial charge in [0, 0.05) is 37.2 Å². The lowest BCUT2D eigenvalue weighted by atomic mass is 9.91. The Hall–Kier alpha value is -2.90. The van der Waals surface area contributed by atoms with Crippen molar-refractivity contribution >= 4 is 11.8 Å². The van der Waals surface area contributed by atoms with Crippen LogP contribution in [0, 0.1) is 5.82 Å². The summed E-state index contributed by atoms with van der Waals surface area (Å²) in [7, 11) is 0. The number of ether oxygens (including phenoxy) is 1. The van der Waals surface area contributed by atoms with E-state index in [2.05, 4.69) is 9.97 Å². The number of halogens is 1. The first-order valence-corrected chi connectivity index (χ1v) is 7.99. The van der Waals surface area contributed by atoms with E-state index >= 15 is 0 Å². The van der Waals surface area contributed by atoms with E-state index < -0.39 is 11.9 Å². The van der Waals surface area contributed by atoms with Crippen LogP contribution in [0.3, 0.4) is 0 Å². The quantitative estimate of drug-likeness (QED) is 0.825. The molecule has 0 spiro atoms. The zero-order valence-corrected chi connectivity index (χ0v) is 13.6. The standard InChI is InChI=1S/C17H19FN4O3/c18-14-7-13(19)1-2-15(14)25-10-16-20-8-12(9-21-16)11-3-5-22(6-4-11)17(23)24/h1-2,7-9,11H,3-6,10,19H2,(H,23,24). The lowest BCUT2D eigenvalue weighted by Gasteiger charge is -2.29. The fourth-order valence-electron chi connectivity index (χ4n) is 2.83. The summed E-state index contributed by atoms with van der Waals surface area (Å²) in [5, 5.41) is 8.97. The first-order chi connectivity index (χ1) is 12.0. The molecule has 3 N–H and O–H groups in total. The van der Waals surface area contributed by atoms with Crippen LogP contribution in [0.1, 0.15) is 30.1 Å². The number of carboxylic acid groups (broad SMARTS) is 1. The van der Waals surface area contributed by atoms with Crippen molar-refractivity contribution in [3.05, 3.63) is 47.8 Å². The van der Waals surface area contributed by atoms with Gasteiger partial charge in [-0.15, -0.1) is 0 Å². The fraction of sp³-hybridized carbons (Fsp3) is 0.353. The molecular weight excluding hydrogens is 327 g/mol. The summed E-state index contributed by atoms with van der Waals surface area (Å²) in [6.45, 7) is 1.08. The summed E-state index contributed by atoms with van der Waals surface area (Å²) in [4.78, 5) is 20.9. The van der Waals surface area contributed by atoms with Gasteiger partial charge in [-0.2, -0.15) is 0 Å². The van der Waals surface area contributed by atoms with E-state index in [9.17, 15) is 9.18 Å². The molecule has 0 atom stereocenters. The Labute approximate surface area is 144 Å². The number of nitrogen functional groups attached to an aromatic ring is 1. The summed E-state index contributed by atoms with van der Waals surface area (Å²) in [5.41, 5.74) is 6.80. The van der Waals surface area contributed by atoms with E-state index in [1.165, 1.54) is 17.0 Å². The third-order valence-corrected chi connectivity index (χ3v) is 4.27. The maximum absolute atomic E-state index is 13.7. The Morgan fingerprint density at radius 3 is 2.60 bits per heavy atom. The summed E-state index contributed by atoms with van der Waals surface area (Å²) in [6, 6.07) is 4.23. The highest BCUT2D eigenvalue weighted by molar-refractivity contribution is 5.65. The average Bonchev–Trinajstić information content (AvgIpc) is 2.61. The van der Waals surface area contributed by atoms with Crippen LogP contribution in [-0.2, 0) is 6.61 Å². The van der Waals surface area contributed by atoms with Gasteiger partial charge in [-0.1, -0.05) is 0 Å². The summed E-state index contributed by atoms with van der Waals surface area (Å²) >= 11 is 0. The Kier molecular flexibility index (Phi) is 4.97. The number of aromatic nitrogens is 2. The van der Waals surface area contributed by atoms with Crippen molar-refractivity contribution in [2.24, 2.45) is 0 Å². The number of amides is 1. The molecule has 1 aliphatic rings. The van der Waals surface area contributed by atoms with Gasteiger partial charge in [0.1, 0.15) is 6.61 Å². The number of rotatable bonds is 4. The number of nitrogens with zero attached hydrogens (tertiary/aromatic N) is 3. The first-order valence-electron chi connectivity index (χ1n) is 7.99. The van der Waals surface area contributed by atoms with E-state index in [0.717, 1.165) is 18.4 Å². The Balaban J connectivity index is 1.56. The van der Waals surface area contributed by atoms with Gasteiger partial charge in [0.25, 0.3) is 0 Å². The molecule has 0 bridgehead atoms. The fourth-order valence-corrected chi connectivity index (χ4v) is 2.83. The molecule has 1 aromatic heterocycles. The summed E-state index contributed by atoms with van der Waals surface area (Å²) < 4.78 is 19.0. The van der Waals surface area contributed by atoms with Crippen LogP contribution in [0.25, 0.3) is 0 Å². The van der Waals surface area contributed by atoms with Crippen LogP contribution in [-0.4, -0.2) is 39.2 Å². The molecule has 1 aromatic carbocycles. The average molecular weight is 346 g/mol. The van der Waals surface area contributed by atoms with E-state index in [1.807, 2.05) is 0 Å². The van der Waals surface area contributed by atoms with Crippen molar-refractivity contribution in [2.75, 3.05) is 18.8 Å². The molecular formula is C17H19FN4O3. The predicted molar refractivity (Wildman–Crippen MR) is 88.7 cm³/mol. The molecule has 7 nitrogen and oxygen atoms in total. The Morgan fingerprint density at radius 2 is 2.00 bits per heavy atom. The monoisotopic (exact) mass is 346 g/mol. The van der Waals surface area contributed by atoms with Crippen molar-refractivity contribution in [1.82, 2.24) is 14.9 Å². The molecule has 2 aromatic rings. The normalized spacial score (nSPS) is 15.2. The number of piperidine rings is 1. The van der Waals surface area contributed by atoms with Crippen LogP contribution in [0.4, 0.5) is 14.9 Å². The largest absolute Gasteiger partial charge is 0.483 e. The second-order valence-electron chi connectivity index (χ2n) is 5.96. The van der Waals surface area contributed by atoms with Gasteiger partial charge in [0.2, 0.25) is 0 Å². The van der Waals surface area contributed by atoms with E-state index in [1.54, 1.807) is 18.5 Å². The van der Waals surface area contributed by atoms with Crippen molar-refractivity contribution in [1.29, 1.82) is 0 Å². The third-order valence-electron chi connectivity index (χ3n) is 4.27. The number of benzene rings is 1. The van der Waals surface area contributed by atoms with Crippen molar-refractivity contribution in [3.8, 4) is 5.75 Å². The minimum Gasteiger partial charge on any atom is -0.483 e. The van der Waals surface area contributed by atoms with Gasteiger partial charge in [0.15, 0.2) is 17.4 Å². The second kappa shape index (κ2) is 7.33. The highest BCUT2D eigenvalue weighted by Gasteiger charge is 2.23. The van der Waals surface area contributed by atoms with Gasteiger partial charge in [-0.3, -0.25) is 0 Å². The maximum Gasteiger partial charge on any atom is 0.407 e. The number of anilines is 1. The number of nitrogens with two attached hydrogens (primary N) is 1. The predicted octanol–water partition coefficient (Wildman–Crippen LogP) is 2.63. The van der Waals surface area contributed by atoms with Crippen LogP contribution in [0.5, 0.6) is 5.75 Å². The van der Waals surface area contributed by atoms with Crippen LogP contribution in [0.2, 0.25) is 0 Å². The van der Waals surface area contributed by atoms with Gasteiger partial charge in [-0.25, -0.2) is 19.2 Å². The molecule has 1 amide bonds. The lowest BCUT2D eigenvalue weighted by molar-refractivity contribution is 0.132. The molecule has 1 fully saturated rings. The first kappa shape index (κ1) is 16.9. The van der Waals surface area contributed by atoms with Crippen molar-refractivity contribution in [3.63, 3.8) is 0 Å². The maximum atomic E-state index is 13.7. The Morgan fingerprint density at radius 1 is 1.32 bits per heavy atom. The summed E-state index contributed by atoms with van der Waals surface area (Å²) in [5.74, 6) is 0.271. The number of hydrogen-bond donors (Lipinski definition) is 2. The van der Waals surface area contributed by atoms with Gasteiger partial charge < -0.3 is 20.5 Å². The highest BCUT2D eigenvalue weighted by Crippen LogP contribution is 2.27. The SMILES string of the molecule is Nc1ccc(OCc2ncc(C3CCN(C(=O)O)CC3)cn2)c(F)c1. The van der Waals surface area contributed by atoms with Gasteiger partial charge >= 0.3 is 6.09 Å². The molecule has 25 heavy (non-hydrogen) atoms. The zero-order valence-electron chi connectivity index (χ0n) is 13.6.